The molecule has 1 unspecified atom stereocenters. The van der Waals surface area contributed by atoms with Crippen molar-refractivity contribution in [2.24, 2.45) is 5.92 Å². The average Bonchev–Trinajstić information content (AvgIpc) is 3.11. The number of ether oxygens (including phenoxy) is 1. The van der Waals surface area contributed by atoms with E-state index in [2.05, 4.69) is 11.9 Å². The molecule has 2 rings (SSSR count). The van der Waals surface area contributed by atoms with Crippen molar-refractivity contribution < 1.29 is 9.53 Å². The molecule has 5 nitrogen and oxygen atoms in total. The van der Waals surface area contributed by atoms with Crippen LogP contribution in [0.5, 0.6) is 0 Å². The van der Waals surface area contributed by atoms with Crippen molar-refractivity contribution in [3.63, 3.8) is 0 Å². The van der Waals surface area contributed by atoms with E-state index in [1.54, 1.807) is 12.5 Å². The lowest BCUT2D eigenvalue weighted by Gasteiger charge is -2.28. The van der Waals surface area contributed by atoms with Crippen LogP contribution in [0.1, 0.15) is 30.3 Å². The van der Waals surface area contributed by atoms with E-state index < -0.39 is 0 Å². The Labute approximate surface area is 111 Å². The van der Waals surface area contributed by atoms with E-state index in [0.29, 0.717) is 29.9 Å². The largest absolute Gasteiger partial charge is 0.383 e. The Balaban J connectivity index is 2.09. The first kappa shape index (κ1) is 13.3. The van der Waals surface area contributed by atoms with Crippen molar-refractivity contribution in [2.75, 3.05) is 26.0 Å². The molecule has 0 spiro atoms. The van der Waals surface area contributed by atoms with Crippen molar-refractivity contribution in [2.45, 2.75) is 25.8 Å². The van der Waals surface area contributed by atoms with Crippen LogP contribution >= 0.6 is 11.3 Å². The van der Waals surface area contributed by atoms with Crippen LogP contribution in [-0.4, -0.2) is 42.1 Å². The molecule has 1 aromatic rings. The quantitative estimate of drug-likeness (QED) is 0.852. The summed E-state index contributed by atoms with van der Waals surface area (Å²) < 4.78 is 5.08. The Hall–Kier alpha value is -1.14. The second-order valence-corrected chi connectivity index (χ2v) is 5.53. The second-order valence-electron chi connectivity index (χ2n) is 4.64. The number of aromatic nitrogens is 1. The molecule has 100 valence electrons. The maximum atomic E-state index is 12.4. The normalized spacial score (nSPS) is 16.6. The fourth-order valence-corrected chi connectivity index (χ4v) is 2.58. The van der Waals surface area contributed by atoms with Crippen molar-refractivity contribution in [1.29, 1.82) is 0 Å². The minimum Gasteiger partial charge on any atom is -0.383 e. The molecular weight excluding hydrogens is 250 g/mol. The van der Waals surface area contributed by atoms with Gasteiger partial charge in [-0.05, 0) is 25.7 Å². The van der Waals surface area contributed by atoms with Gasteiger partial charge in [0.1, 0.15) is 5.69 Å². The third kappa shape index (κ3) is 3.00. The van der Waals surface area contributed by atoms with Gasteiger partial charge in [-0.1, -0.05) is 0 Å². The molecule has 1 atom stereocenters. The average molecular weight is 269 g/mol. The molecule has 1 aromatic heterocycles. The monoisotopic (exact) mass is 269 g/mol. The molecule has 6 heteroatoms. The molecule has 2 N–H and O–H groups in total. The smallest absolute Gasteiger partial charge is 0.273 e. The minimum atomic E-state index is -0.0422. The number of carbonyl (C=O) groups excluding carboxylic acids is 1. The summed E-state index contributed by atoms with van der Waals surface area (Å²) in [6.07, 6.45) is 2.41. The summed E-state index contributed by atoms with van der Waals surface area (Å²) in [6, 6.07) is 0.246. The molecule has 1 heterocycles. The Morgan fingerprint density at radius 1 is 1.72 bits per heavy atom. The van der Waals surface area contributed by atoms with Crippen LogP contribution in [0.4, 0.5) is 5.13 Å². The highest BCUT2D eigenvalue weighted by Gasteiger charge is 2.34. The molecule has 0 aromatic carbocycles. The number of thiazole rings is 1. The number of nitrogen functional groups attached to an aromatic ring is 1. The van der Waals surface area contributed by atoms with E-state index in [1.807, 2.05) is 4.90 Å². The first-order valence-corrected chi connectivity index (χ1v) is 7.02. The first-order chi connectivity index (χ1) is 8.63. The van der Waals surface area contributed by atoms with Crippen molar-refractivity contribution in [3.05, 3.63) is 11.1 Å². The van der Waals surface area contributed by atoms with Gasteiger partial charge >= 0.3 is 0 Å². The van der Waals surface area contributed by atoms with Crippen LogP contribution in [0.3, 0.4) is 0 Å². The Morgan fingerprint density at radius 3 is 2.94 bits per heavy atom. The number of anilines is 1. The highest BCUT2D eigenvalue weighted by atomic mass is 32.1. The van der Waals surface area contributed by atoms with Crippen LogP contribution in [0.15, 0.2) is 5.38 Å². The molecular formula is C12H19N3O2S. The van der Waals surface area contributed by atoms with Gasteiger partial charge in [-0.3, -0.25) is 4.79 Å². The standard InChI is InChI=1S/C12H19N3O2S/c1-8(9-3-4-9)15(5-6-17-2)11(16)10-7-18-12(13)14-10/h7-9H,3-6H2,1-2H3,(H2,13,14). The van der Waals surface area contributed by atoms with Gasteiger partial charge in [0.25, 0.3) is 5.91 Å². The number of carbonyl (C=O) groups is 1. The van der Waals surface area contributed by atoms with E-state index in [1.165, 1.54) is 24.2 Å². The topological polar surface area (TPSA) is 68.5 Å². The maximum Gasteiger partial charge on any atom is 0.273 e. The summed E-state index contributed by atoms with van der Waals surface area (Å²) in [5.74, 6) is 0.584. The summed E-state index contributed by atoms with van der Waals surface area (Å²) in [4.78, 5) is 18.3. The molecule has 1 amide bonds. The van der Waals surface area contributed by atoms with E-state index in [4.69, 9.17) is 10.5 Å². The summed E-state index contributed by atoms with van der Waals surface area (Å²) in [7, 11) is 1.64. The lowest BCUT2D eigenvalue weighted by Crippen LogP contribution is -2.42. The zero-order chi connectivity index (χ0) is 13.1. The maximum absolute atomic E-state index is 12.4. The zero-order valence-electron chi connectivity index (χ0n) is 10.8. The number of amides is 1. The SMILES string of the molecule is COCCN(C(=O)c1csc(N)n1)C(C)C1CC1. The lowest BCUT2D eigenvalue weighted by molar-refractivity contribution is 0.0590. The third-order valence-electron chi connectivity index (χ3n) is 3.33. The van der Waals surface area contributed by atoms with Crippen LogP contribution in [0.25, 0.3) is 0 Å². The van der Waals surface area contributed by atoms with Gasteiger partial charge in [-0.2, -0.15) is 0 Å². The summed E-state index contributed by atoms with van der Waals surface area (Å²) in [5, 5.41) is 2.15. The first-order valence-electron chi connectivity index (χ1n) is 6.14. The summed E-state index contributed by atoms with van der Waals surface area (Å²) >= 11 is 1.30. The van der Waals surface area contributed by atoms with Gasteiger partial charge in [0.15, 0.2) is 5.13 Å². The van der Waals surface area contributed by atoms with E-state index in [9.17, 15) is 4.79 Å². The van der Waals surface area contributed by atoms with Gasteiger partial charge in [-0.15, -0.1) is 11.3 Å². The number of nitrogens with two attached hydrogens (primary N) is 1. The highest BCUT2D eigenvalue weighted by molar-refractivity contribution is 7.13. The Bertz CT molecular complexity index is 417. The lowest BCUT2D eigenvalue weighted by atomic mass is 10.1. The van der Waals surface area contributed by atoms with E-state index >= 15 is 0 Å². The van der Waals surface area contributed by atoms with Gasteiger partial charge in [0.2, 0.25) is 0 Å². The molecule has 0 bridgehead atoms. The van der Waals surface area contributed by atoms with Crippen molar-refractivity contribution in [1.82, 2.24) is 9.88 Å². The van der Waals surface area contributed by atoms with E-state index in [0.717, 1.165) is 0 Å². The van der Waals surface area contributed by atoms with Crippen LogP contribution < -0.4 is 5.73 Å². The second kappa shape index (κ2) is 5.67. The number of hydrogen-bond acceptors (Lipinski definition) is 5. The third-order valence-corrected chi connectivity index (χ3v) is 4.01. The fraction of sp³-hybridized carbons (Fsp3) is 0.667. The predicted molar refractivity (Wildman–Crippen MR) is 71.6 cm³/mol. The number of hydrogen-bond donors (Lipinski definition) is 1. The summed E-state index contributed by atoms with van der Waals surface area (Å²) in [5.41, 5.74) is 6.02. The van der Waals surface area contributed by atoms with E-state index in [-0.39, 0.29) is 11.9 Å². The number of nitrogens with zero attached hydrogens (tertiary/aromatic N) is 2. The Kier molecular flexibility index (Phi) is 4.19. The van der Waals surface area contributed by atoms with Gasteiger partial charge in [0, 0.05) is 25.1 Å². The summed E-state index contributed by atoms with van der Waals surface area (Å²) in [6.45, 7) is 3.24. The molecule has 18 heavy (non-hydrogen) atoms. The zero-order valence-corrected chi connectivity index (χ0v) is 11.6. The van der Waals surface area contributed by atoms with Crippen LogP contribution in [0, 0.1) is 5.92 Å². The van der Waals surface area contributed by atoms with Gasteiger partial charge in [0.05, 0.1) is 6.61 Å². The number of methoxy groups -OCH3 is 1. The number of rotatable bonds is 6. The van der Waals surface area contributed by atoms with Gasteiger partial charge in [-0.25, -0.2) is 4.98 Å². The van der Waals surface area contributed by atoms with Crippen LogP contribution in [-0.2, 0) is 4.74 Å². The van der Waals surface area contributed by atoms with Gasteiger partial charge < -0.3 is 15.4 Å². The molecule has 1 aliphatic carbocycles. The minimum absolute atomic E-state index is 0.0422. The predicted octanol–water partition coefficient (Wildman–Crippen LogP) is 1.61. The molecule has 0 saturated heterocycles. The fourth-order valence-electron chi connectivity index (χ4n) is 2.05. The van der Waals surface area contributed by atoms with Crippen molar-refractivity contribution in [3.8, 4) is 0 Å². The molecule has 1 saturated carbocycles. The molecule has 0 aliphatic heterocycles. The molecule has 1 fully saturated rings. The molecule has 1 aliphatic rings. The van der Waals surface area contributed by atoms with Crippen LogP contribution in [0.2, 0.25) is 0 Å². The Morgan fingerprint density at radius 2 is 2.44 bits per heavy atom. The molecule has 0 radical (unpaired) electrons. The highest BCUT2D eigenvalue weighted by Crippen LogP contribution is 2.35. The van der Waals surface area contributed by atoms with Crippen molar-refractivity contribution >= 4 is 22.4 Å².